The van der Waals surface area contributed by atoms with Gasteiger partial charge in [-0.25, -0.2) is 0 Å². The number of fused-ring (bicyclic) bond motifs is 5. The molecule has 1 aliphatic rings. The van der Waals surface area contributed by atoms with Crippen molar-refractivity contribution in [3.8, 4) is 66.8 Å². The van der Waals surface area contributed by atoms with E-state index < -0.39 is 0 Å². The molecule has 0 saturated carbocycles. The molecule has 1 nitrogen and oxygen atoms in total. The third-order valence-electron chi connectivity index (χ3n) is 12.9. The summed E-state index contributed by atoms with van der Waals surface area (Å²) < 4.78 is 0. The fraction of sp³-hybridized carbons (Fsp3) is 0.0492. The molecule has 294 valence electrons. The molecule has 1 aliphatic carbocycles. The topological polar surface area (TPSA) is 3.24 Å². The molecule has 10 aromatic carbocycles. The second-order valence-corrected chi connectivity index (χ2v) is 16.9. The van der Waals surface area contributed by atoms with Crippen molar-refractivity contribution in [1.82, 2.24) is 0 Å². The maximum atomic E-state index is 2.39. The van der Waals surface area contributed by atoms with Crippen LogP contribution in [0, 0.1) is 0 Å². The van der Waals surface area contributed by atoms with Crippen molar-refractivity contribution >= 4 is 27.8 Å². The minimum Gasteiger partial charge on any atom is -0.311 e. The van der Waals surface area contributed by atoms with Crippen molar-refractivity contribution in [3.05, 3.63) is 248 Å². The molecule has 0 aliphatic heterocycles. The molecule has 11 rings (SSSR count). The first kappa shape index (κ1) is 37.3. The van der Waals surface area contributed by atoms with Gasteiger partial charge in [0.1, 0.15) is 0 Å². The summed E-state index contributed by atoms with van der Waals surface area (Å²) in [7, 11) is 0. The fourth-order valence-corrected chi connectivity index (χ4v) is 9.88. The largest absolute Gasteiger partial charge is 0.311 e. The second kappa shape index (κ2) is 15.4. The summed E-state index contributed by atoms with van der Waals surface area (Å²) in [6, 6.07) is 86.3. The molecular weight excluding hydrogens is 747 g/mol. The van der Waals surface area contributed by atoms with Gasteiger partial charge in [-0.1, -0.05) is 214 Å². The molecular formula is C61H45N. The van der Waals surface area contributed by atoms with Crippen LogP contribution in [0.25, 0.3) is 77.5 Å². The van der Waals surface area contributed by atoms with Crippen molar-refractivity contribution < 1.29 is 0 Å². The van der Waals surface area contributed by atoms with Crippen LogP contribution in [-0.4, -0.2) is 0 Å². The van der Waals surface area contributed by atoms with E-state index in [0.717, 1.165) is 17.1 Å². The fourth-order valence-electron chi connectivity index (χ4n) is 9.88. The van der Waals surface area contributed by atoms with Gasteiger partial charge in [-0.3, -0.25) is 0 Å². The van der Waals surface area contributed by atoms with Gasteiger partial charge in [-0.05, 0) is 125 Å². The van der Waals surface area contributed by atoms with E-state index in [1.807, 2.05) is 0 Å². The van der Waals surface area contributed by atoms with E-state index in [4.69, 9.17) is 0 Å². The molecule has 0 saturated heterocycles. The molecule has 0 bridgehead atoms. The number of rotatable bonds is 8. The van der Waals surface area contributed by atoms with E-state index in [9.17, 15) is 0 Å². The molecule has 0 amide bonds. The average Bonchev–Trinajstić information content (AvgIpc) is 3.59. The van der Waals surface area contributed by atoms with E-state index in [-0.39, 0.29) is 5.41 Å². The lowest BCUT2D eigenvalue weighted by Crippen LogP contribution is -2.15. The van der Waals surface area contributed by atoms with Crippen LogP contribution in [0.4, 0.5) is 17.1 Å². The highest BCUT2D eigenvalue weighted by atomic mass is 15.1. The normalized spacial score (nSPS) is 12.5. The highest BCUT2D eigenvalue weighted by Crippen LogP contribution is 2.58. The lowest BCUT2D eigenvalue weighted by molar-refractivity contribution is 0.666. The van der Waals surface area contributed by atoms with Crippen molar-refractivity contribution in [2.24, 2.45) is 0 Å². The van der Waals surface area contributed by atoms with Gasteiger partial charge in [0, 0.05) is 22.5 Å². The number of hydrogen-bond donors (Lipinski definition) is 0. The SMILES string of the molecule is CC1(C)c2ccccc2-c2c(-c3ccc(-c4ccc(N(c5ccc(-c6ccccc6)cc5)c5ccc(-c6ccccc6)cc5)cc4)cc3)c(-c3ccccc3)c3ccccc3c21. The third kappa shape index (κ3) is 6.42. The van der Waals surface area contributed by atoms with Crippen LogP contribution in [0.5, 0.6) is 0 Å². The van der Waals surface area contributed by atoms with E-state index in [0.29, 0.717) is 0 Å². The van der Waals surface area contributed by atoms with Crippen LogP contribution in [-0.2, 0) is 5.41 Å². The zero-order valence-electron chi connectivity index (χ0n) is 35.0. The van der Waals surface area contributed by atoms with Gasteiger partial charge < -0.3 is 4.90 Å². The smallest absolute Gasteiger partial charge is 0.0462 e. The Balaban J connectivity index is 0.991. The molecule has 1 heteroatoms. The predicted octanol–water partition coefficient (Wildman–Crippen LogP) is 17.0. The highest BCUT2D eigenvalue weighted by molar-refractivity contribution is 6.14. The summed E-state index contributed by atoms with van der Waals surface area (Å²) in [5.74, 6) is 0. The Morgan fingerprint density at radius 3 is 1.10 bits per heavy atom. The van der Waals surface area contributed by atoms with Crippen LogP contribution >= 0.6 is 0 Å². The minimum atomic E-state index is -0.140. The Hall–Kier alpha value is -7.74. The first-order chi connectivity index (χ1) is 30.5. The monoisotopic (exact) mass is 791 g/mol. The molecule has 10 aromatic rings. The van der Waals surface area contributed by atoms with E-state index in [1.165, 1.54) is 88.7 Å². The molecule has 0 fully saturated rings. The minimum absolute atomic E-state index is 0.140. The maximum Gasteiger partial charge on any atom is 0.0462 e. The molecule has 0 N–H and O–H groups in total. The summed E-state index contributed by atoms with van der Waals surface area (Å²) in [5, 5.41) is 2.62. The third-order valence-corrected chi connectivity index (χ3v) is 12.9. The molecule has 0 unspecified atom stereocenters. The summed E-state index contributed by atoms with van der Waals surface area (Å²) in [4.78, 5) is 2.35. The van der Waals surface area contributed by atoms with Gasteiger partial charge >= 0.3 is 0 Å². The summed E-state index contributed by atoms with van der Waals surface area (Å²) in [6.45, 7) is 4.78. The maximum absolute atomic E-state index is 2.39. The van der Waals surface area contributed by atoms with Crippen LogP contribution < -0.4 is 4.90 Å². The number of hydrogen-bond acceptors (Lipinski definition) is 1. The molecule has 0 aromatic heterocycles. The van der Waals surface area contributed by atoms with Crippen molar-refractivity contribution in [1.29, 1.82) is 0 Å². The van der Waals surface area contributed by atoms with E-state index in [1.54, 1.807) is 0 Å². The van der Waals surface area contributed by atoms with Crippen molar-refractivity contribution in [2.45, 2.75) is 19.3 Å². The molecule has 0 heterocycles. The standard InChI is InChI=1S/C61H45N/c1-61(2)56-25-15-14-24-55(56)59-58(57(48-20-10-5-11-21-48)53-22-12-13-23-54(53)60(59)61)49-28-26-44(27-29-49)47-34-40-52(41-35-47)62(50-36-30-45(31-37-50)42-16-6-3-7-17-42)51-38-32-46(33-39-51)43-18-8-4-9-19-43/h3-41H,1-2H3. The van der Waals surface area contributed by atoms with E-state index >= 15 is 0 Å². The molecule has 62 heavy (non-hydrogen) atoms. The zero-order valence-corrected chi connectivity index (χ0v) is 35.0. The first-order valence-corrected chi connectivity index (χ1v) is 21.6. The zero-order chi connectivity index (χ0) is 41.6. The Morgan fingerprint density at radius 1 is 0.274 bits per heavy atom. The molecule has 0 spiro atoms. The lowest BCUT2D eigenvalue weighted by atomic mass is 9.77. The van der Waals surface area contributed by atoms with Gasteiger partial charge in [-0.15, -0.1) is 0 Å². The Bertz CT molecular complexity index is 3100. The summed E-state index contributed by atoms with van der Waals surface area (Å²) in [6.07, 6.45) is 0. The van der Waals surface area contributed by atoms with Crippen LogP contribution in [0.1, 0.15) is 25.0 Å². The first-order valence-electron chi connectivity index (χ1n) is 21.6. The quantitative estimate of drug-likeness (QED) is 0.148. The Morgan fingerprint density at radius 2 is 0.613 bits per heavy atom. The lowest BCUT2D eigenvalue weighted by Gasteiger charge is -2.26. The summed E-state index contributed by atoms with van der Waals surface area (Å²) in [5.41, 5.74) is 20.9. The Kier molecular flexibility index (Phi) is 9.24. The number of anilines is 3. The van der Waals surface area contributed by atoms with Crippen LogP contribution in [0.15, 0.2) is 237 Å². The molecule has 0 radical (unpaired) electrons. The van der Waals surface area contributed by atoms with Crippen LogP contribution in [0.2, 0.25) is 0 Å². The number of nitrogens with zero attached hydrogens (tertiary/aromatic N) is 1. The second-order valence-electron chi connectivity index (χ2n) is 16.9. The van der Waals surface area contributed by atoms with Gasteiger partial charge in [-0.2, -0.15) is 0 Å². The van der Waals surface area contributed by atoms with Gasteiger partial charge in [0.05, 0.1) is 0 Å². The highest BCUT2D eigenvalue weighted by Gasteiger charge is 2.39. The van der Waals surface area contributed by atoms with Crippen LogP contribution in [0.3, 0.4) is 0 Å². The number of benzene rings is 10. The summed E-state index contributed by atoms with van der Waals surface area (Å²) >= 11 is 0. The van der Waals surface area contributed by atoms with Crippen molar-refractivity contribution in [2.75, 3.05) is 4.90 Å². The Labute approximate surface area is 364 Å². The van der Waals surface area contributed by atoms with E-state index in [2.05, 4.69) is 255 Å². The van der Waals surface area contributed by atoms with Crippen molar-refractivity contribution in [3.63, 3.8) is 0 Å². The van der Waals surface area contributed by atoms with Gasteiger partial charge in [0.25, 0.3) is 0 Å². The van der Waals surface area contributed by atoms with Gasteiger partial charge in [0.2, 0.25) is 0 Å². The predicted molar refractivity (Wildman–Crippen MR) is 263 cm³/mol. The molecule has 0 atom stereocenters. The average molecular weight is 792 g/mol. The van der Waals surface area contributed by atoms with Gasteiger partial charge in [0.15, 0.2) is 0 Å².